The number of carbonyl (C=O) groups excluding carboxylic acids is 1. The maximum atomic E-state index is 12.4. The molecule has 0 bridgehead atoms. The lowest BCUT2D eigenvalue weighted by molar-refractivity contribution is 0.0600. The van der Waals surface area contributed by atoms with Crippen molar-refractivity contribution >= 4 is 16.0 Å². The Labute approximate surface area is 147 Å². The third kappa shape index (κ3) is 4.66. The third-order valence-corrected chi connectivity index (χ3v) is 5.30. The Morgan fingerprint density at radius 1 is 1.08 bits per heavy atom. The molecule has 0 fully saturated rings. The van der Waals surface area contributed by atoms with Crippen LogP contribution in [0.5, 0.6) is 0 Å². The average molecular weight is 363 g/mol. The van der Waals surface area contributed by atoms with Gasteiger partial charge in [0.1, 0.15) is 0 Å². The van der Waals surface area contributed by atoms with Crippen LogP contribution in [0.2, 0.25) is 0 Å². The Balaban J connectivity index is 2.12. The molecule has 0 aliphatic rings. The lowest BCUT2D eigenvalue weighted by atomic mass is 10.0. The number of nitrogens with one attached hydrogen (secondary N) is 1. The molecule has 0 radical (unpaired) electrons. The molecule has 0 amide bonds. The number of hydrogen-bond donors (Lipinski definition) is 1. The van der Waals surface area contributed by atoms with Crippen molar-refractivity contribution < 1.29 is 22.7 Å². The van der Waals surface area contributed by atoms with E-state index in [9.17, 15) is 13.2 Å². The highest BCUT2D eigenvalue weighted by Crippen LogP contribution is 2.20. The summed E-state index contributed by atoms with van der Waals surface area (Å²) in [6, 6.07) is 13.2. The number of ether oxygens (including phenoxy) is 2. The summed E-state index contributed by atoms with van der Waals surface area (Å²) in [7, 11) is -0.910. The fourth-order valence-electron chi connectivity index (χ4n) is 2.43. The zero-order chi connectivity index (χ0) is 18.4. The van der Waals surface area contributed by atoms with Gasteiger partial charge in [-0.1, -0.05) is 24.3 Å². The van der Waals surface area contributed by atoms with Gasteiger partial charge in [0.15, 0.2) is 0 Å². The molecule has 0 aliphatic heterocycles. The first-order valence-corrected chi connectivity index (χ1v) is 9.13. The summed E-state index contributed by atoms with van der Waals surface area (Å²) in [4.78, 5) is 11.5. The van der Waals surface area contributed by atoms with Crippen LogP contribution in [0.15, 0.2) is 53.4 Å². The van der Waals surface area contributed by atoms with Gasteiger partial charge in [-0.05, 0) is 42.3 Å². The summed E-state index contributed by atoms with van der Waals surface area (Å²) < 4.78 is 37.4. The van der Waals surface area contributed by atoms with Crippen LogP contribution in [0.4, 0.5) is 0 Å². The van der Waals surface area contributed by atoms with Gasteiger partial charge < -0.3 is 9.47 Å². The second kappa shape index (κ2) is 8.24. The standard InChI is InChI=1S/C18H21NO5S/c1-13-6-4-5-7-16(13)17(23-2)12-19-25(21,22)15-10-8-14(9-11-15)18(20)24-3/h4-11,17,19H,12H2,1-3H3. The molecular weight excluding hydrogens is 342 g/mol. The number of methoxy groups -OCH3 is 2. The molecule has 134 valence electrons. The van der Waals surface area contributed by atoms with Gasteiger partial charge >= 0.3 is 5.97 Å². The maximum absolute atomic E-state index is 12.4. The van der Waals surface area contributed by atoms with Crippen molar-refractivity contribution in [1.29, 1.82) is 0 Å². The summed E-state index contributed by atoms with van der Waals surface area (Å²) in [5, 5.41) is 0. The van der Waals surface area contributed by atoms with Crippen LogP contribution < -0.4 is 4.72 Å². The zero-order valence-electron chi connectivity index (χ0n) is 14.4. The highest BCUT2D eigenvalue weighted by atomic mass is 32.2. The largest absolute Gasteiger partial charge is 0.465 e. The Kier molecular flexibility index (Phi) is 6.30. The molecule has 1 atom stereocenters. The second-order valence-corrected chi connectivity index (χ2v) is 7.22. The number of carbonyl (C=O) groups is 1. The predicted octanol–water partition coefficient (Wildman–Crippen LogP) is 2.45. The predicted molar refractivity (Wildman–Crippen MR) is 93.9 cm³/mol. The summed E-state index contributed by atoms with van der Waals surface area (Å²) in [6.45, 7) is 2.05. The van der Waals surface area contributed by atoms with Crippen molar-refractivity contribution in [2.75, 3.05) is 20.8 Å². The van der Waals surface area contributed by atoms with Gasteiger partial charge in [-0.15, -0.1) is 0 Å². The van der Waals surface area contributed by atoms with Crippen molar-refractivity contribution in [3.05, 3.63) is 65.2 Å². The highest BCUT2D eigenvalue weighted by Gasteiger charge is 2.19. The molecule has 6 nitrogen and oxygen atoms in total. The van der Waals surface area contributed by atoms with E-state index in [-0.39, 0.29) is 17.0 Å². The molecule has 0 aliphatic carbocycles. The van der Waals surface area contributed by atoms with E-state index in [1.807, 2.05) is 31.2 Å². The monoisotopic (exact) mass is 363 g/mol. The van der Waals surface area contributed by atoms with Crippen molar-refractivity contribution in [3.8, 4) is 0 Å². The summed E-state index contributed by atoms with van der Waals surface area (Å²) in [5.74, 6) is -0.518. The SMILES string of the molecule is COC(=O)c1ccc(S(=O)(=O)NCC(OC)c2ccccc2C)cc1. The van der Waals surface area contributed by atoms with Gasteiger partial charge in [0.2, 0.25) is 10.0 Å². The quantitative estimate of drug-likeness (QED) is 0.764. The highest BCUT2D eigenvalue weighted by molar-refractivity contribution is 7.89. The van der Waals surface area contributed by atoms with Gasteiger partial charge in [0.25, 0.3) is 0 Å². The number of benzene rings is 2. The molecule has 0 saturated heterocycles. The first kappa shape index (κ1) is 19.1. The number of sulfonamides is 1. The van der Waals surface area contributed by atoms with Crippen LogP contribution in [-0.4, -0.2) is 35.2 Å². The summed E-state index contributed by atoms with van der Waals surface area (Å²) >= 11 is 0. The molecule has 0 saturated carbocycles. The van der Waals surface area contributed by atoms with Crippen LogP contribution in [0.1, 0.15) is 27.6 Å². The third-order valence-electron chi connectivity index (χ3n) is 3.86. The van der Waals surface area contributed by atoms with Crippen molar-refractivity contribution in [2.45, 2.75) is 17.9 Å². The smallest absolute Gasteiger partial charge is 0.337 e. The van der Waals surface area contributed by atoms with Crippen LogP contribution in [0.3, 0.4) is 0 Å². The number of aryl methyl sites for hydroxylation is 1. The van der Waals surface area contributed by atoms with E-state index < -0.39 is 22.1 Å². The van der Waals surface area contributed by atoms with Crippen LogP contribution >= 0.6 is 0 Å². The van der Waals surface area contributed by atoms with E-state index >= 15 is 0 Å². The first-order chi connectivity index (χ1) is 11.9. The molecule has 2 aromatic carbocycles. The second-order valence-electron chi connectivity index (χ2n) is 5.45. The molecule has 1 unspecified atom stereocenters. The van der Waals surface area contributed by atoms with Gasteiger partial charge in [-0.2, -0.15) is 0 Å². The molecule has 0 spiro atoms. The van der Waals surface area contributed by atoms with Gasteiger partial charge in [-0.3, -0.25) is 0 Å². The van der Waals surface area contributed by atoms with E-state index in [2.05, 4.69) is 9.46 Å². The minimum Gasteiger partial charge on any atom is -0.465 e. The Bertz CT molecular complexity index is 831. The van der Waals surface area contributed by atoms with Crippen LogP contribution in [0.25, 0.3) is 0 Å². The molecular formula is C18H21NO5S. The first-order valence-electron chi connectivity index (χ1n) is 7.65. The van der Waals surface area contributed by atoms with E-state index in [4.69, 9.17) is 4.74 Å². The number of esters is 1. The minimum absolute atomic E-state index is 0.0692. The van der Waals surface area contributed by atoms with Crippen LogP contribution in [0, 0.1) is 6.92 Å². The van der Waals surface area contributed by atoms with E-state index in [0.29, 0.717) is 0 Å². The molecule has 2 aromatic rings. The fourth-order valence-corrected chi connectivity index (χ4v) is 3.46. The number of hydrogen-bond acceptors (Lipinski definition) is 5. The molecule has 1 N–H and O–H groups in total. The summed E-state index contributed by atoms with van der Waals surface area (Å²) in [6.07, 6.45) is -0.398. The number of rotatable bonds is 7. The molecule has 25 heavy (non-hydrogen) atoms. The molecule has 0 aromatic heterocycles. The fraction of sp³-hybridized carbons (Fsp3) is 0.278. The van der Waals surface area contributed by atoms with E-state index in [1.54, 1.807) is 0 Å². The van der Waals surface area contributed by atoms with Gasteiger partial charge in [-0.25, -0.2) is 17.9 Å². The zero-order valence-corrected chi connectivity index (χ0v) is 15.2. The van der Waals surface area contributed by atoms with E-state index in [1.165, 1.54) is 38.5 Å². The van der Waals surface area contributed by atoms with E-state index in [0.717, 1.165) is 11.1 Å². The topological polar surface area (TPSA) is 81.7 Å². The average Bonchev–Trinajstić information content (AvgIpc) is 2.63. The Morgan fingerprint density at radius 3 is 2.28 bits per heavy atom. The Hall–Kier alpha value is -2.22. The summed E-state index contributed by atoms with van der Waals surface area (Å²) in [5.41, 5.74) is 2.24. The Morgan fingerprint density at radius 2 is 1.72 bits per heavy atom. The lowest BCUT2D eigenvalue weighted by Crippen LogP contribution is -2.29. The molecule has 2 rings (SSSR count). The van der Waals surface area contributed by atoms with Gasteiger partial charge in [0.05, 0.1) is 23.7 Å². The minimum atomic E-state index is -3.72. The normalized spacial score (nSPS) is 12.6. The molecule has 7 heteroatoms. The van der Waals surface area contributed by atoms with Crippen LogP contribution in [-0.2, 0) is 19.5 Å². The van der Waals surface area contributed by atoms with Gasteiger partial charge in [0, 0.05) is 13.7 Å². The maximum Gasteiger partial charge on any atom is 0.337 e. The van der Waals surface area contributed by atoms with Crippen molar-refractivity contribution in [1.82, 2.24) is 4.72 Å². The lowest BCUT2D eigenvalue weighted by Gasteiger charge is -2.18. The molecule has 0 heterocycles. The van der Waals surface area contributed by atoms with Crippen molar-refractivity contribution in [3.63, 3.8) is 0 Å². The van der Waals surface area contributed by atoms with Crippen molar-refractivity contribution in [2.24, 2.45) is 0 Å².